The predicted molar refractivity (Wildman–Crippen MR) is 74.7 cm³/mol. The molecule has 3 rings (SSSR count). The van der Waals surface area contributed by atoms with Crippen LogP contribution in [0, 0.1) is 5.92 Å². The number of hydrogen-bond acceptors (Lipinski definition) is 4. The quantitative estimate of drug-likeness (QED) is 0.916. The van der Waals surface area contributed by atoms with Crippen LogP contribution in [0.3, 0.4) is 0 Å². The number of rotatable bonds is 3. The Hall–Kier alpha value is -1.75. The molecule has 0 radical (unpaired) electrons. The normalized spacial score (nSPS) is 22.0. The molecule has 5 nitrogen and oxygen atoms in total. The number of carboxylic acid groups (broad SMARTS) is 1. The highest BCUT2D eigenvalue weighted by Gasteiger charge is 2.26. The van der Waals surface area contributed by atoms with Gasteiger partial charge in [0, 0.05) is 13.2 Å². The summed E-state index contributed by atoms with van der Waals surface area (Å²) < 4.78 is 11.1. The van der Waals surface area contributed by atoms with Gasteiger partial charge in [0.2, 0.25) is 0 Å². The maximum absolute atomic E-state index is 11.3. The van der Waals surface area contributed by atoms with Gasteiger partial charge in [0.1, 0.15) is 12.2 Å². The summed E-state index contributed by atoms with van der Waals surface area (Å²) in [6.45, 7) is 3.89. The van der Waals surface area contributed by atoms with E-state index in [-0.39, 0.29) is 5.56 Å². The third kappa shape index (κ3) is 2.58. The standard InChI is InChI=1S/C15H19NO4/c17-15(18)12-4-1-5-13-14(12)20-8-6-16(13)9-11-3-2-7-19-10-11/h1,4-5,11H,2-3,6-10H2,(H,17,18). The lowest BCUT2D eigenvalue weighted by atomic mass is 10.0. The van der Waals surface area contributed by atoms with Gasteiger partial charge in [-0.2, -0.15) is 0 Å². The van der Waals surface area contributed by atoms with Gasteiger partial charge in [-0.1, -0.05) is 6.07 Å². The zero-order valence-corrected chi connectivity index (χ0v) is 11.4. The van der Waals surface area contributed by atoms with Crippen molar-refractivity contribution in [2.45, 2.75) is 12.8 Å². The van der Waals surface area contributed by atoms with E-state index in [1.54, 1.807) is 12.1 Å². The molecule has 2 heterocycles. The number of aromatic carboxylic acids is 1. The molecular formula is C15H19NO4. The summed E-state index contributed by atoms with van der Waals surface area (Å²) in [5.74, 6) is 0.0795. The minimum absolute atomic E-state index is 0.243. The molecule has 0 amide bonds. The summed E-state index contributed by atoms with van der Waals surface area (Å²) in [5.41, 5.74) is 1.13. The van der Waals surface area contributed by atoms with Crippen molar-refractivity contribution in [2.24, 2.45) is 5.92 Å². The van der Waals surface area contributed by atoms with Crippen LogP contribution in [0.1, 0.15) is 23.2 Å². The SMILES string of the molecule is O=C(O)c1cccc2c1OCCN2CC1CCCOC1. The van der Waals surface area contributed by atoms with E-state index in [1.165, 1.54) is 6.42 Å². The van der Waals surface area contributed by atoms with Crippen molar-refractivity contribution in [1.82, 2.24) is 0 Å². The third-order valence-electron chi connectivity index (χ3n) is 3.91. The van der Waals surface area contributed by atoms with Gasteiger partial charge in [-0.3, -0.25) is 0 Å². The molecule has 0 aliphatic carbocycles. The van der Waals surface area contributed by atoms with Crippen LogP contribution in [0.5, 0.6) is 5.75 Å². The number of fused-ring (bicyclic) bond motifs is 1. The number of para-hydroxylation sites is 1. The lowest BCUT2D eigenvalue weighted by Crippen LogP contribution is -2.39. The van der Waals surface area contributed by atoms with E-state index in [0.717, 1.165) is 38.4 Å². The first kappa shape index (κ1) is 13.2. The second-order valence-electron chi connectivity index (χ2n) is 5.34. The van der Waals surface area contributed by atoms with Crippen molar-refractivity contribution in [3.63, 3.8) is 0 Å². The van der Waals surface area contributed by atoms with Gasteiger partial charge in [-0.15, -0.1) is 0 Å². The Bertz CT molecular complexity index is 497. The van der Waals surface area contributed by atoms with E-state index < -0.39 is 5.97 Å². The molecule has 1 aromatic rings. The summed E-state index contributed by atoms with van der Waals surface area (Å²) in [7, 11) is 0. The van der Waals surface area contributed by atoms with Crippen molar-refractivity contribution in [3.05, 3.63) is 23.8 Å². The average molecular weight is 277 g/mol. The minimum Gasteiger partial charge on any atom is -0.489 e. The molecule has 1 atom stereocenters. The first-order valence-corrected chi connectivity index (χ1v) is 7.07. The van der Waals surface area contributed by atoms with Crippen LogP contribution in [-0.4, -0.2) is 44.0 Å². The molecule has 1 aromatic carbocycles. The van der Waals surface area contributed by atoms with E-state index in [0.29, 0.717) is 18.3 Å². The Morgan fingerprint density at radius 3 is 3.05 bits per heavy atom. The fraction of sp³-hybridized carbons (Fsp3) is 0.533. The summed E-state index contributed by atoms with van der Waals surface area (Å²) in [6, 6.07) is 5.31. The van der Waals surface area contributed by atoms with Crippen molar-refractivity contribution < 1.29 is 19.4 Å². The lowest BCUT2D eigenvalue weighted by Gasteiger charge is -2.35. The summed E-state index contributed by atoms with van der Waals surface area (Å²) in [4.78, 5) is 13.5. The molecule has 1 unspecified atom stereocenters. The third-order valence-corrected chi connectivity index (χ3v) is 3.91. The van der Waals surface area contributed by atoms with Crippen LogP contribution in [0.4, 0.5) is 5.69 Å². The van der Waals surface area contributed by atoms with E-state index in [2.05, 4.69) is 4.90 Å². The van der Waals surface area contributed by atoms with Gasteiger partial charge in [0.05, 0.1) is 18.8 Å². The van der Waals surface area contributed by atoms with E-state index >= 15 is 0 Å². The zero-order chi connectivity index (χ0) is 13.9. The van der Waals surface area contributed by atoms with Gasteiger partial charge >= 0.3 is 5.97 Å². The largest absolute Gasteiger partial charge is 0.489 e. The molecule has 0 spiro atoms. The van der Waals surface area contributed by atoms with Crippen LogP contribution in [-0.2, 0) is 4.74 Å². The van der Waals surface area contributed by atoms with Crippen LogP contribution in [0.25, 0.3) is 0 Å². The Morgan fingerprint density at radius 2 is 2.30 bits per heavy atom. The Kier molecular flexibility index (Phi) is 3.78. The van der Waals surface area contributed by atoms with Gasteiger partial charge in [0.15, 0.2) is 5.75 Å². The van der Waals surface area contributed by atoms with Gasteiger partial charge in [0.25, 0.3) is 0 Å². The monoisotopic (exact) mass is 277 g/mol. The van der Waals surface area contributed by atoms with E-state index in [1.807, 2.05) is 6.07 Å². The molecule has 0 saturated carbocycles. The number of anilines is 1. The van der Waals surface area contributed by atoms with Crippen LogP contribution in [0.2, 0.25) is 0 Å². The van der Waals surface area contributed by atoms with Crippen molar-refractivity contribution in [1.29, 1.82) is 0 Å². The van der Waals surface area contributed by atoms with Crippen molar-refractivity contribution >= 4 is 11.7 Å². The van der Waals surface area contributed by atoms with E-state index in [4.69, 9.17) is 9.47 Å². The van der Waals surface area contributed by atoms with Gasteiger partial charge in [-0.05, 0) is 30.9 Å². The van der Waals surface area contributed by atoms with Gasteiger partial charge in [-0.25, -0.2) is 4.79 Å². The Labute approximate surface area is 118 Å². The average Bonchev–Trinajstić information content (AvgIpc) is 2.48. The second kappa shape index (κ2) is 5.71. The molecule has 1 N–H and O–H groups in total. The van der Waals surface area contributed by atoms with Crippen LogP contribution in [0.15, 0.2) is 18.2 Å². The molecule has 2 aliphatic rings. The molecule has 0 aromatic heterocycles. The number of carbonyl (C=O) groups is 1. The maximum Gasteiger partial charge on any atom is 0.339 e. The molecule has 1 fully saturated rings. The number of carboxylic acids is 1. The lowest BCUT2D eigenvalue weighted by molar-refractivity contribution is 0.0566. The molecule has 1 saturated heterocycles. The predicted octanol–water partition coefficient (Wildman–Crippen LogP) is 2.01. The Morgan fingerprint density at radius 1 is 1.40 bits per heavy atom. The smallest absolute Gasteiger partial charge is 0.339 e. The highest BCUT2D eigenvalue weighted by Crippen LogP contribution is 2.35. The zero-order valence-electron chi connectivity index (χ0n) is 11.4. The van der Waals surface area contributed by atoms with Gasteiger partial charge < -0.3 is 19.5 Å². The summed E-state index contributed by atoms with van der Waals surface area (Å²) >= 11 is 0. The fourth-order valence-corrected chi connectivity index (χ4v) is 2.93. The van der Waals surface area contributed by atoms with Crippen molar-refractivity contribution in [2.75, 3.05) is 37.8 Å². The fourth-order valence-electron chi connectivity index (χ4n) is 2.93. The topological polar surface area (TPSA) is 59.0 Å². The molecule has 20 heavy (non-hydrogen) atoms. The number of ether oxygens (including phenoxy) is 2. The number of benzene rings is 1. The molecule has 108 valence electrons. The Balaban J connectivity index is 1.82. The molecular weight excluding hydrogens is 258 g/mol. The summed E-state index contributed by atoms with van der Waals surface area (Å²) in [6.07, 6.45) is 2.28. The van der Waals surface area contributed by atoms with E-state index in [9.17, 15) is 9.90 Å². The number of nitrogens with zero attached hydrogens (tertiary/aromatic N) is 1. The first-order valence-electron chi connectivity index (χ1n) is 7.07. The minimum atomic E-state index is -0.940. The number of hydrogen-bond donors (Lipinski definition) is 1. The highest BCUT2D eigenvalue weighted by molar-refractivity contribution is 5.93. The van der Waals surface area contributed by atoms with Crippen LogP contribution >= 0.6 is 0 Å². The first-order chi connectivity index (χ1) is 9.75. The highest BCUT2D eigenvalue weighted by atomic mass is 16.5. The molecule has 5 heteroatoms. The molecule has 2 aliphatic heterocycles. The van der Waals surface area contributed by atoms with Crippen LogP contribution < -0.4 is 9.64 Å². The molecule has 0 bridgehead atoms. The summed E-state index contributed by atoms with van der Waals surface area (Å²) in [5, 5.41) is 9.23. The van der Waals surface area contributed by atoms with Crippen molar-refractivity contribution in [3.8, 4) is 5.75 Å². The maximum atomic E-state index is 11.3. The second-order valence-corrected chi connectivity index (χ2v) is 5.34.